The van der Waals surface area contributed by atoms with Crippen molar-refractivity contribution in [2.75, 3.05) is 11.4 Å². The van der Waals surface area contributed by atoms with Crippen LogP contribution in [-0.2, 0) is 0 Å². The zero-order chi connectivity index (χ0) is 15.8. The summed E-state index contributed by atoms with van der Waals surface area (Å²) in [6, 6.07) is 3.79. The van der Waals surface area contributed by atoms with Crippen molar-refractivity contribution >= 4 is 27.9 Å². The third-order valence-corrected chi connectivity index (χ3v) is 5.05. The van der Waals surface area contributed by atoms with Gasteiger partial charge in [-0.25, -0.2) is 0 Å². The molecule has 0 amide bonds. The van der Waals surface area contributed by atoms with Crippen molar-refractivity contribution in [3.63, 3.8) is 0 Å². The molecule has 3 aromatic rings. The Morgan fingerprint density at radius 2 is 2.30 bits per heavy atom. The number of nitro groups is 1. The summed E-state index contributed by atoms with van der Waals surface area (Å²) in [4.78, 5) is 18.5. The average Bonchev–Trinajstić information content (AvgIpc) is 3.21. The Labute approximate surface area is 136 Å². The number of thiazole rings is 1. The van der Waals surface area contributed by atoms with E-state index in [1.807, 2.05) is 22.4 Å². The van der Waals surface area contributed by atoms with E-state index in [9.17, 15) is 10.1 Å². The maximum atomic E-state index is 11.6. The number of hydrogen-bond donors (Lipinski definition) is 0. The Bertz CT molecular complexity index is 823. The Morgan fingerprint density at radius 3 is 3.09 bits per heavy atom. The van der Waals surface area contributed by atoms with Crippen molar-refractivity contribution in [1.82, 2.24) is 9.38 Å². The number of fused-ring (bicyclic) bond motifs is 1. The molecule has 120 valence electrons. The third-order valence-electron chi connectivity index (χ3n) is 4.29. The molecule has 0 unspecified atom stereocenters. The van der Waals surface area contributed by atoms with E-state index >= 15 is 0 Å². The monoisotopic (exact) mass is 332 g/mol. The fourth-order valence-electron chi connectivity index (χ4n) is 3.26. The Hall–Kier alpha value is -2.35. The van der Waals surface area contributed by atoms with Crippen LogP contribution in [-0.4, -0.2) is 20.9 Å². The van der Waals surface area contributed by atoms with Crippen LogP contribution in [0.3, 0.4) is 0 Å². The molecule has 0 aliphatic carbocycles. The molecule has 8 heteroatoms. The molecule has 0 spiro atoms. The van der Waals surface area contributed by atoms with Crippen LogP contribution in [0.4, 0.5) is 11.6 Å². The van der Waals surface area contributed by atoms with Crippen molar-refractivity contribution < 1.29 is 9.34 Å². The first-order valence-corrected chi connectivity index (χ1v) is 8.53. The molecule has 0 radical (unpaired) electrons. The van der Waals surface area contributed by atoms with Gasteiger partial charge in [0.15, 0.2) is 0 Å². The van der Waals surface area contributed by atoms with Crippen LogP contribution in [0.15, 0.2) is 34.4 Å². The molecule has 1 fully saturated rings. The van der Waals surface area contributed by atoms with Crippen LogP contribution >= 0.6 is 11.3 Å². The fourth-order valence-corrected chi connectivity index (χ4v) is 3.97. The van der Waals surface area contributed by atoms with Gasteiger partial charge in [-0.3, -0.25) is 0 Å². The van der Waals surface area contributed by atoms with E-state index in [1.54, 1.807) is 16.9 Å². The molecular weight excluding hydrogens is 316 g/mol. The highest BCUT2D eigenvalue weighted by molar-refractivity contribution is 7.15. The number of anilines is 1. The van der Waals surface area contributed by atoms with Gasteiger partial charge < -0.3 is 19.4 Å². The summed E-state index contributed by atoms with van der Waals surface area (Å²) < 4.78 is 7.15. The van der Waals surface area contributed by atoms with Crippen LogP contribution in [0.1, 0.15) is 37.5 Å². The first kappa shape index (κ1) is 14.3. The molecule has 0 N–H and O–H groups in total. The largest absolute Gasteiger partial charge is 0.467 e. The second-order valence-corrected chi connectivity index (χ2v) is 6.52. The maximum Gasteiger partial charge on any atom is 0.373 e. The van der Waals surface area contributed by atoms with Gasteiger partial charge in [0.25, 0.3) is 4.96 Å². The lowest BCUT2D eigenvalue weighted by molar-refractivity contribution is -0.389. The molecule has 3 aromatic heterocycles. The van der Waals surface area contributed by atoms with Crippen LogP contribution < -0.4 is 4.90 Å². The van der Waals surface area contributed by atoms with Crippen LogP contribution in [0.25, 0.3) is 4.96 Å². The summed E-state index contributed by atoms with van der Waals surface area (Å²) in [5, 5.41) is 13.4. The van der Waals surface area contributed by atoms with E-state index in [0.29, 0.717) is 10.8 Å². The quantitative estimate of drug-likeness (QED) is 0.535. The highest BCUT2D eigenvalue weighted by atomic mass is 32.1. The summed E-state index contributed by atoms with van der Waals surface area (Å²) in [7, 11) is 0. The highest BCUT2D eigenvalue weighted by Crippen LogP contribution is 2.39. The predicted molar refractivity (Wildman–Crippen MR) is 87.0 cm³/mol. The standard InChI is InChI=1S/C15H16N4O3S/c20-19(21)14-13(16-15-18(14)8-10-23-15)17-7-3-1-2-5-11(17)12-6-4-9-22-12/h4,6,8-11H,1-3,5,7H2/t11-/m1/s1. The smallest absolute Gasteiger partial charge is 0.373 e. The zero-order valence-electron chi connectivity index (χ0n) is 12.4. The van der Waals surface area contributed by atoms with Crippen LogP contribution in [0, 0.1) is 10.1 Å². The van der Waals surface area contributed by atoms with Gasteiger partial charge in [0.05, 0.1) is 12.3 Å². The number of furan rings is 1. The lowest BCUT2D eigenvalue weighted by Crippen LogP contribution is -2.29. The maximum absolute atomic E-state index is 11.6. The Kier molecular flexibility index (Phi) is 3.53. The molecule has 7 nitrogen and oxygen atoms in total. The second-order valence-electron chi connectivity index (χ2n) is 5.65. The van der Waals surface area contributed by atoms with E-state index in [4.69, 9.17) is 4.42 Å². The average molecular weight is 332 g/mol. The first-order valence-electron chi connectivity index (χ1n) is 7.65. The third kappa shape index (κ3) is 2.39. The number of hydrogen-bond acceptors (Lipinski definition) is 6. The summed E-state index contributed by atoms with van der Waals surface area (Å²) in [5.74, 6) is 1.34. The van der Waals surface area contributed by atoms with Gasteiger partial charge in [0.2, 0.25) is 5.82 Å². The summed E-state index contributed by atoms with van der Waals surface area (Å²) in [6.45, 7) is 0.747. The fraction of sp³-hybridized carbons (Fsp3) is 0.400. The minimum Gasteiger partial charge on any atom is -0.467 e. The minimum atomic E-state index is -0.341. The van der Waals surface area contributed by atoms with Gasteiger partial charge >= 0.3 is 5.82 Å². The Morgan fingerprint density at radius 1 is 1.39 bits per heavy atom. The first-order chi connectivity index (χ1) is 11.3. The predicted octanol–water partition coefficient (Wildman–Crippen LogP) is 4.02. The van der Waals surface area contributed by atoms with Gasteiger partial charge in [-0.15, -0.1) is 0 Å². The van der Waals surface area contributed by atoms with E-state index in [1.165, 1.54) is 11.3 Å². The molecule has 1 atom stereocenters. The lowest BCUT2D eigenvalue weighted by atomic mass is 10.1. The highest BCUT2D eigenvalue weighted by Gasteiger charge is 2.34. The van der Waals surface area contributed by atoms with Crippen molar-refractivity contribution in [1.29, 1.82) is 0 Å². The molecule has 1 aliphatic rings. The number of rotatable bonds is 3. The van der Waals surface area contributed by atoms with E-state index < -0.39 is 0 Å². The molecule has 0 bridgehead atoms. The van der Waals surface area contributed by atoms with E-state index in [0.717, 1.165) is 38.0 Å². The van der Waals surface area contributed by atoms with E-state index in [-0.39, 0.29) is 16.8 Å². The van der Waals surface area contributed by atoms with Gasteiger partial charge in [0, 0.05) is 11.9 Å². The van der Waals surface area contributed by atoms with Crippen molar-refractivity contribution in [3.8, 4) is 0 Å². The number of imidazole rings is 1. The molecular formula is C15H16N4O3S. The molecule has 4 rings (SSSR count). The van der Waals surface area contributed by atoms with Crippen molar-refractivity contribution in [3.05, 3.63) is 45.8 Å². The summed E-state index contributed by atoms with van der Waals surface area (Å²) in [5.41, 5.74) is 0. The van der Waals surface area contributed by atoms with Crippen LogP contribution in [0.5, 0.6) is 0 Å². The Balaban J connectivity index is 1.84. The van der Waals surface area contributed by atoms with Gasteiger partial charge in [-0.2, -0.15) is 9.38 Å². The van der Waals surface area contributed by atoms with Crippen molar-refractivity contribution in [2.45, 2.75) is 31.7 Å². The topological polar surface area (TPSA) is 76.8 Å². The zero-order valence-corrected chi connectivity index (χ0v) is 13.2. The van der Waals surface area contributed by atoms with Gasteiger partial charge in [0.1, 0.15) is 12.0 Å². The molecule has 0 aromatic carbocycles. The van der Waals surface area contributed by atoms with Gasteiger partial charge in [-0.05, 0) is 29.9 Å². The molecule has 1 aliphatic heterocycles. The number of nitrogens with zero attached hydrogens (tertiary/aromatic N) is 4. The number of aromatic nitrogens is 2. The second kappa shape index (κ2) is 5.69. The molecule has 23 heavy (non-hydrogen) atoms. The molecule has 4 heterocycles. The van der Waals surface area contributed by atoms with Crippen molar-refractivity contribution in [2.24, 2.45) is 0 Å². The van der Waals surface area contributed by atoms with Crippen LogP contribution in [0.2, 0.25) is 0 Å². The SMILES string of the molecule is O=[N+]([O-])c1c(N2CCCCC[C@@H]2c2ccco2)nc2sccn12. The summed E-state index contributed by atoms with van der Waals surface area (Å²) in [6.07, 6.45) is 7.46. The van der Waals surface area contributed by atoms with E-state index in [2.05, 4.69) is 4.98 Å². The summed E-state index contributed by atoms with van der Waals surface area (Å²) >= 11 is 1.40. The minimum absolute atomic E-state index is 0.00388. The molecule has 0 saturated carbocycles. The van der Waals surface area contributed by atoms with Gasteiger partial charge in [-0.1, -0.05) is 24.2 Å². The normalized spacial score (nSPS) is 19.1. The lowest BCUT2D eigenvalue weighted by Gasteiger charge is -2.28. The molecule has 1 saturated heterocycles.